The van der Waals surface area contributed by atoms with Gasteiger partial charge in [0.15, 0.2) is 0 Å². The fourth-order valence-electron chi connectivity index (χ4n) is 3.04. The number of carbonyl (C=O) groups is 2. The van der Waals surface area contributed by atoms with Gasteiger partial charge in [-0.25, -0.2) is 9.82 Å². The van der Waals surface area contributed by atoms with E-state index in [2.05, 4.69) is 31.8 Å². The smallest absolute Gasteiger partial charge is 0.262 e. The van der Waals surface area contributed by atoms with E-state index in [1.54, 1.807) is 19.9 Å². The van der Waals surface area contributed by atoms with Gasteiger partial charge < -0.3 is 10.1 Å². The van der Waals surface area contributed by atoms with Gasteiger partial charge >= 0.3 is 0 Å². The topological polar surface area (TPSA) is 79.8 Å². The molecular weight excluding hydrogens is 501 g/mol. The highest BCUT2D eigenvalue weighted by atomic mass is 79.9. The Morgan fingerprint density at radius 3 is 2.35 bits per heavy atom. The molecule has 2 N–H and O–H groups in total. The normalized spacial score (nSPS) is 11.9. The third-order valence-corrected chi connectivity index (χ3v) is 5.47. The fourth-order valence-corrected chi connectivity index (χ4v) is 3.30. The number of hydrogen-bond donors (Lipinski definition) is 2. The predicted molar refractivity (Wildman–Crippen MR) is 133 cm³/mol. The molecule has 0 spiro atoms. The number of carbonyl (C=O) groups excluding carboxylic acids is 2. The van der Waals surface area contributed by atoms with Gasteiger partial charge in [-0.1, -0.05) is 54.0 Å². The van der Waals surface area contributed by atoms with Crippen molar-refractivity contribution in [2.24, 2.45) is 11.0 Å². The summed E-state index contributed by atoms with van der Waals surface area (Å²) in [5, 5.41) is 6.55. The van der Waals surface area contributed by atoms with Crippen LogP contribution in [0.4, 0.5) is 4.39 Å². The van der Waals surface area contributed by atoms with E-state index in [4.69, 9.17) is 4.74 Å². The molecule has 6 nitrogen and oxygen atoms in total. The molecule has 8 heteroatoms. The highest BCUT2D eigenvalue weighted by molar-refractivity contribution is 9.10. The number of rotatable bonds is 9. The summed E-state index contributed by atoms with van der Waals surface area (Å²) >= 11 is 3.40. The molecule has 0 aromatic heterocycles. The van der Waals surface area contributed by atoms with E-state index >= 15 is 0 Å². The first kappa shape index (κ1) is 25.1. The molecule has 0 heterocycles. The first-order valence-corrected chi connectivity index (χ1v) is 11.5. The van der Waals surface area contributed by atoms with Crippen molar-refractivity contribution in [3.05, 3.63) is 99.8 Å². The number of nitrogens with one attached hydrogen (secondary N) is 2. The number of hydrazone groups is 1. The van der Waals surface area contributed by atoms with Crippen LogP contribution in [0.2, 0.25) is 0 Å². The molecular formula is C26H25BrFN3O3. The van der Waals surface area contributed by atoms with Crippen LogP contribution in [0.5, 0.6) is 5.75 Å². The standard InChI is InChI=1S/C26H25BrFN3O3/c1-17(2)24(30-25(32)22-5-3-4-6-23(22)28)26(33)31-29-15-18-9-13-21(14-10-18)34-16-19-7-11-20(27)12-8-19/h3-15,17,24H,16H2,1-2H3,(H,30,32)(H,31,33). The number of hydrogen-bond acceptors (Lipinski definition) is 4. The second-order valence-electron chi connectivity index (χ2n) is 7.89. The number of benzene rings is 3. The maximum absolute atomic E-state index is 13.9. The van der Waals surface area contributed by atoms with E-state index < -0.39 is 23.7 Å². The molecule has 176 valence electrons. The summed E-state index contributed by atoms with van der Waals surface area (Å²) in [5.41, 5.74) is 4.13. The Kier molecular flexibility index (Phi) is 8.93. The average molecular weight is 526 g/mol. The van der Waals surface area contributed by atoms with Gasteiger partial charge in [0.2, 0.25) is 0 Å². The average Bonchev–Trinajstić information content (AvgIpc) is 2.83. The Morgan fingerprint density at radius 1 is 1.03 bits per heavy atom. The number of amides is 2. The Morgan fingerprint density at radius 2 is 1.71 bits per heavy atom. The molecule has 0 saturated heterocycles. The van der Waals surface area contributed by atoms with E-state index in [-0.39, 0.29) is 11.5 Å². The molecule has 0 fully saturated rings. The second-order valence-corrected chi connectivity index (χ2v) is 8.81. The van der Waals surface area contributed by atoms with Crippen molar-refractivity contribution >= 4 is 34.0 Å². The van der Waals surface area contributed by atoms with Gasteiger partial charge in [-0.3, -0.25) is 9.59 Å². The number of ether oxygens (including phenoxy) is 1. The lowest BCUT2D eigenvalue weighted by Gasteiger charge is -2.20. The zero-order valence-electron chi connectivity index (χ0n) is 18.8. The van der Waals surface area contributed by atoms with Gasteiger partial charge in [0, 0.05) is 4.47 Å². The van der Waals surface area contributed by atoms with Gasteiger partial charge in [-0.05, 0) is 65.6 Å². The highest BCUT2D eigenvalue weighted by Gasteiger charge is 2.25. The van der Waals surface area contributed by atoms with Crippen LogP contribution in [0.15, 0.2) is 82.4 Å². The fraction of sp³-hybridized carbons (Fsp3) is 0.192. The SMILES string of the molecule is CC(C)C(NC(=O)c1ccccc1F)C(=O)NN=Cc1ccc(OCc2ccc(Br)cc2)cc1. The second kappa shape index (κ2) is 12.1. The first-order valence-electron chi connectivity index (χ1n) is 10.7. The number of nitrogens with zero attached hydrogens (tertiary/aromatic N) is 1. The monoisotopic (exact) mass is 525 g/mol. The van der Waals surface area contributed by atoms with Gasteiger partial charge in [-0.15, -0.1) is 0 Å². The summed E-state index contributed by atoms with van der Waals surface area (Å²) in [6.07, 6.45) is 1.49. The Balaban J connectivity index is 1.53. The predicted octanol–water partition coefficient (Wildman–Crippen LogP) is 5.07. The Bertz CT molecular complexity index is 1150. The van der Waals surface area contributed by atoms with Crippen molar-refractivity contribution in [3.8, 4) is 5.75 Å². The van der Waals surface area contributed by atoms with Gasteiger partial charge in [0.05, 0.1) is 11.8 Å². The molecule has 0 aliphatic carbocycles. The van der Waals surface area contributed by atoms with Crippen molar-refractivity contribution in [1.29, 1.82) is 0 Å². The number of halogens is 2. The molecule has 0 saturated carbocycles. The molecule has 0 aliphatic rings. The van der Waals surface area contributed by atoms with Crippen LogP contribution in [0.25, 0.3) is 0 Å². The summed E-state index contributed by atoms with van der Waals surface area (Å²) < 4.78 is 20.7. The molecule has 3 rings (SSSR count). The van der Waals surface area contributed by atoms with E-state index in [0.717, 1.165) is 15.6 Å². The minimum Gasteiger partial charge on any atom is -0.489 e. The van der Waals surface area contributed by atoms with Crippen molar-refractivity contribution in [3.63, 3.8) is 0 Å². The maximum atomic E-state index is 13.9. The molecule has 3 aromatic rings. The third kappa shape index (κ3) is 7.25. The zero-order valence-corrected chi connectivity index (χ0v) is 20.4. The van der Waals surface area contributed by atoms with E-state index in [0.29, 0.717) is 12.4 Å². The van der Waals surface area contributed by atoms with Crippen molar-refractivity contribution in [2.75, 3.05) is 0 Å². The van der Waals surface area contributed by atoms with Crippen LogP contribution in [-0.2, 0) is 11.4 Å². The summed E-state index contributed by atoms with van der Waals surface area (Å²) in [4.78, 5) is 25.0. The minimum absolute atomic E-state index is 0.119. The van der Waals surface area contributed by atoms with E-state index in [1.165, 1.54) is 24.4 Å². The van der Waals surface area contributed by atoms with Gasteiger partial charge in [0.25, 0.3) is 11.8 Å². The summed E-state index contributed by atoms with van der Waals surface area (Å²) in [5.74, 6) is -1.32. The van der Waals surface area contributed by atoms with Crippen LogP contribution >= 0.6 is 15.9 Å². The largest absolute Gasteiger partial charge is 0.489 e. The van der Waals surface area contributed by atoms with E-state index in [1.807, 2.05) is 48.5 Å². The minimum atomic E-state index is -0.876. The van der Waals surface area contributed by atoms with E-state index in [9.17, 15) is 14.0 Å². The molecule has 0 radical (unpaired) electrons. The molecule has 1 atom stereocenters. The molecule has 0 bridgehead atoms. The van der Waals surface area contributed by atoms with Crippen LogP contribution < -0.4 is 15.5 Å². The third-order valence-electron chi connectivity index (χ3n) is 4.94. The van der Waals surface area contributed by atoms with Crippen LogP contribution in [0.3, 0.4) is 0 Å². The van der Waals surface area contributed by atoms with Crippen LogP contribution in [0, 0.1) is 11.7 Å². The van der Waals surface area contributed by atoms with Crippen LogP contribution in [0.1, 0.15) is 35.3 Å². The molecule has 34 heavy (non-hydrogen) atoms. The Hall–Kier alpha value is -3.52. The first-order chi connectivity index (χ1) is 16.3. The van der Waals surface area contributed by atoms with Crippen molar-refractivity contribution in [1.82, 2.24) is 10.7 Å². The molecule has 3 aromatic carbocycles. The highest BCUT2D eigenvalue weighted by Crippen LogP contribution is 2.15. The molecule has 0 aliphatic heterocycles. The summed E-state index contributed by atoms with van der Waals surface area (Å²) in [6.45, 7) is 4.01. The molecule has 1 unspecified atom stereocenters. The van der Waals surface area contributed by atoms with Gasteiger partial charge in [-0.2, -0.15) is 5.10 Å². The lowest BCUT2D eigenvalue weighted by atomic mass is 10.0. The zero-order chi connectivity index (χ0) is 24.5. The van der Waals surface area contributed by atoms with Gasteiger partial charge in [0.1, 0.15) is 24.2 Å². The van der Waals surface area contributed by atoms with Crippen molar-refractivity contribution in [2.45, 2.75) is 26.5 Å². The Labute approximate surface area is 206 Å². The quantitative estimate of drug-likeness (QED) is 0.302. The molecule has 2 amide bonds. The van der Waals surface area contributed by atoms with Crippen molar-refractivity contribution < 1.29 is 18.7 Å². The van der Waals surface area contributed by atoms with Crippen LogP contribution in [-0.4, -0.2) is 24.1 Å². The lowest BCUT2D eigenvalue weighted by molar-refractivity contribution is -0.123. The maximum Gasteiger partial charge on any atom is 0.262 e. The lowest BCUT2D eigenvalue weighted by Crippen LogP contribution is -2.48. The summed E-state index contributed by atoms with van der Waals surface area (Å²) in [6, 6.07) is 19.9. The summed E-state index contributed by atoms with van der Waals surface area (Å²) in [7, 11) is 0.